The van der Waals surface area contributed by atoms with Crippen LogP contribution in [0.1, 0.15) is 40.0 Å². The van der Waals surface area contributed by atoms with E-state index in [1.54, 1.807) is 0 Å². The molecule has 0 aromatic heterocycles. The smallest absolute Gasteiger partial charge is 0.0628 e. The van der Waals surface area contributed by atoms with E-state index < -0.39 is 0 Å². The van der Waals surface area contributed by atoms with Crippen molar-refractivity contribution in [3.63, 3.8) is 0 Å². The maximum atomic E-state index is 10.4. The van der Waals surface area contributed by atoms with Crippen LogP contribution in [0.4, 0.5) is 0 Å². The number of hydrogen-bond donors (Lipinski definition) is 1. The molecule has 1 heteroatoms. The van der Waals surface area contributed by atoms with Crippen LogP contribution in [0.2, 0.25) is 0 Å². The quantitative estimate of drug-likeness (QED) is 0.650. The van der Waals surface area contributed by atoms with E-state index >= 15 is 0 Å². The lowest BCUT2D eigenvalue weighted by Gasteiger charge is -2.77. The van der Waals surface area contributed by atoms with Gasteiger partial charge in [-0.25, -0.2) is 0 Å². The van der Waals surface area contributed by atoms with Gasteiger partial charge in [0, 0.05) is 11.8 Å². The summed E-state index contributed by atoms with van der Waals surface area (Å²) in [5.74, 6) is 3.99. The van der Waals surface area contributed by atoms with Gasteiger partial charge in [0.2, 0.25) is 0 Å². The molecule has 3 saturated carbocycles. The van der Waals surface area contributed by atoms with Crippen molar-refractivity contribution in [2.45, 2.75) is 46.1 Å². The Morgan fingerprint density at radius 3 is 2.60 bits per heavy atom. The molecule has 3 rings (SSSR count). The highest BCUT2D eigenvalue weighted by molar-refractivity contribution is 5.34. The molecule has 82 valence electrons. The molecule has 1 nitrogen and oxygen atoms in total. The van der Waals surface area contributed by atoms with E-state index in [-0.39, 0.29) is 16.9 Å². The minimum atomic E-state index is -0.133. The summed E-state index contributed by atoms with van der Waals surface area (Å²) in [6.07, 6.45) is 8.73. The van der Waals surface area contributed by atoms with Crippen molar-refractivity contribution in [1.82, 2.24) is 0 Å². The number of hydrogen-bond acceptors (Lipinski definition) is 1. The molecule has 0 bridgehead atoms. The van der Waals surface area contributed by atoms with Crippen LogP contribution >= 0.6 is 0 Å². The van der Waals surface area contributed by atoms with Crippen LogP contribution in [0, 0.1) is 40.4 Å². The first-order chi connectivity index (χ1) is 6.93. The van der Waals surface area contributed by atoms with Gasteiger partial charge in [0.1, 0.15) is 0 Å². The summed E-state index contributed by atoms with van der Waals surface area (Å²) in [7, 11) is 0. The summed E-state index contributed by atoms with van der Waals surface area (Å²) < 4.78 is 0. The third-order valence-corrected chi connectivity index (χ3v) is 6.32. The number of rotatable bonds is 1. The average Bonchev–Trinajstić information content (AvgIpc) is 2.27. The largest absolute Gasteiger partial charge is 0.392 e. The van der Waals surface area contributed by atoms with E-state index in [1.165, 1.54) is 12.8 Å². The van der Waals surface area contributed by atoms with Gasteiger partial charge in [-0.1, -0.05) is 20.8 Å². The predicted molar refractivity (Wildman–Crippen MR) is 60.0 cm³/mol. The molecule has 6 unspecified atom stereocenters. The summed E-state index contributed by atoms with van der Waals surface area (Å²) in [4.78, 5) is 0. The van der Waals surface area contributed by atoms with Gasteiger partial charge in [0.15, 0.2) is 0 Å². The van der Waals surface area contributed by atoms with Crippen molar-refractivity contribution < 1.29 is 5.11 Å². The highest BCUT2D eigenvalue weighted by Gasteiger charge is 2.84. The van der Waals surface area contributed by atoms with Gasteiger partial charge < -0.3 is 5.11 Å². The number of terminal acetylenes is 1. The van der Waals surface area contributed by atoms with Crippen molar-refractivity contribution in [3.05, 3.63) is 0 Å². The van der Waals surface area contributed by atoms with Gasteiger partial charge in [-0.05, 0) is 35.5 Å². The fourth-order valence-electron chi connectivity index (χ4n) is 5.87. The molecular formula is C14H20O. The van der Waals surface area contributed by atoms with Crippen molar-refractivity contribution in [2.24, 2.45) is 28.1 Å². The predicted octanol–water partition coefficient (Wildman–Crippen LogP) is 2.44. The lowest BCUT2D eigenvalue weighted by Crippen LogP contribution is -2.72. The Kier molecular flexibility index (Phi) is 1.48. The third-order valence-electron chi connectivity index (χ3n) is 6.32. The topological polar surface area (TPSA) is 20.2 Å². The van der Waals surface area contributed by atoms with E-state index in [0.717, 1.165) is 6.42 Å². The van der Waals surface area contributed by atoms with Crippen molar-refractivity contribution in [1.29, 1.82) is 0 Å². The van der Waals surface area contributed by atoms with Crippen LogP contribution in [-0.2, 0) is 0 Å². The molecule has 0 aliphatic heterocycles. The van der Waals surface area contributed by atoms with E-state index in [0.29, 0.717) is 17.3 Å². The first kappa shape index (κ1) is 9.73. The molecule has 1 N–H and O–H groups in total. The first-order valence-electron chi connectivity index (χ1n) is 6.04. The van der Waals surface area contributed by atoms with Crippen molar-refractivity contribution in [2.75, 3.05) is 0 Å². The molecule has 0 aromatic carbocycles. The summed E-state index contributed by atoms with van der Waals surface area (Å²) in [6.45, 7) is 6.83. The zero-order valence-electron chi connectivity index (χ0n) is 9.88. The van der Waals surface area contributed by atoms with Crippen LogP contribution in [0.3, 0.4) is 0 Å². The van der Waals surface area contributed by atoms with Crippen LogP contribution in [-0.4, -0.2) is 11.2 Å². The van der Waals surface area contributed by atoms with Gasteiger partial charge in [-0.15, -0.1) is 12.3 Å². The summed E-state index contributed by atoms with van der Waals surface area (Å²) in [5.41, 5.74) is 0.814. The van der Waals surface area contributed by atoms with Gasteiger partial charge in [0.05, 0.1) is 6.10 Å². The zero-order chi connectivity index (χ0) is 11.1. The highest BCUT2D eigenvalue weighted by atomic mass is 16.3. The van der Waals surface area contributed by atoms with E-state index in [9.17, 15) is 5.11 Å². The average molecular weight is 204 g/mol. The Balaban J connectivity index is 2.09. The van der Waals surface area contributed by atoms with Gasteiger partial charge in [0.25, 0.3) is 0 Å². The Bertz CT molecular complexity index is 368. The van der Waals surface area contributed by atoms with Crippen LogP contribution in [0.15, 0.2) is 0 Å². The molecule has 0 amide bonds. The lowest BCUT2D eigenvalue weighted by atomic mass is 9.27. The first-order valence-corrected chi connectivity index (χ1v) is 6.04. The van der Waals surface area contributed by atoms with E-state index in [1.807, 2.05) is 0 Å². The Hall–Kier alpha value is -0.480. The molecule has 0 saturated heterocycles. The minimum absolute atomic E-state index is 0.108. The third kappa shape index (κ3) is 0.650. The van der Waals surface area contributed by atoms with Crippen LogP contribution in [0.25, 0.3) is 0 Å². The second kappa shape index (κ2) is 2.28. The second-order valence-electron chi connectivity index (χ2n) is 6.62. The van der Waals surface area contributed by atoms with E-state index in [4.69, 9.17) is 6.42 Å². The molecule has 0 heterocycles. The molecule has 0 spiro atoms. The molecule has 3 aliphatic carbocycles. The van der Waals surface area contributed by atoms with Crippen LogP contribution < -0.4 is 0 Å². The molecule has 3 fully saturated rings. The monoisotopic (exact) mass is 204 g/mol. The van der Waals surface area contributed by atoms with Gasteiger partial charge in [-0.2, -0.15) is 0 Å². The fraction of sp³-hybridized carbons (Fsp3) is 0.857. The maximum absolute atomic E-state index is 10.4. The van der Waals surface area contributed by atoms with E-state index in [2.05, 4.69) is 26.7 Å². The Labute approximate surface area is 92.3 Å². The lowest BCUT2D eigenvalue weighted by molar-refractivity contribution is -0.295. The number of aliphatic hydroxyl groups excluding tert-OH is 1. The van der Waals surface area contributed by atoms with Gasteiger partial charge >= 0.3 is 0 Å². The SMILES string of the molecule is C#CCC12C3CC1(C)CC2(C)C(O)C3C. The standard InChI is InChI=1S/C14H20O/c1-5-6-14-10-7-12(14,3)8-13(14,4)11(15)9(10)2/h1,9-11,15H,6-8H2,2-4H3. The Morgan fingerprint density at radius 1 is 1.47 bits per heavy atom. The molecule has 6 atom stereocenters. The summed E-state index contributed by atoms with van der Waals surface area (Å²) >= 11 is 0. The summed E-state index contributed by atoms with van der Waals surface area (Å²) in [5, 5.41) is 10.4. The molecule has 0 radical (unpaired) electrons. The highest BCUT2D eigenvalue weighted by Crippen LogP contribution is 2.88. The second-order valence-corrected chi connectivity index (χ2v) is 6.62. The van der Waals surface area contributed by atoms with Crippen LogP contribution in [0.5, 0.6) is 0 Å². The normalized spacial score (nSPS) is 65.1. The molecule has 3 aliphatic rings. The maximum Gasteiger partial charge on any atom is 0.0628 e. The fourth-order valence-corrected chi connectivity index (χ4v) is 5.87. The molecule has 0 aromatic rings. The molecule has 15 heavy (non-hydrogen) atoms. The minimum Gasteiger partial charge on any atom is -0.392 e. The van der Waals surface area contributed by atoms with Crippen molar-refractivity contribution in [3.8, 4) is 12.3 Å². The van der Waals surface area contributed by atoms with Crippen molar-refractivity contribution >= 4 is 0 Å². The zero-order valence-corrected chi connectivity index (χ0v) is 9.88. The number of aliphatic hydroxyl groups is 1. The summed E-state index contributed by atoms with van der Waals surface area (Å²) in [6, 6.07) is 0. The Morgan fingerprint density at radius 2 is 2.13 bits per heavy atom. The molecular weight excluding hydrogens is 184 g/mol. The van der Waals surface area contributed by atoms with Gasteiger partial charge in [-0.3, -0.25) is 0 Å².